The first-order valence-corrected chi connectivity index (χ1v) is 9.65. The monoisotopic (exact) mass is 359 g/mol. The molecule has 1 fully saturated rings. The average molecular weight is 359 g/mol. The molecule has 0 aromatic carbocycles. The first kappa shape index (κ1) is 17.9. The second-order valence-electron chi connectivity index (χ2n) is 6.82. The van der Waals surface area contributed by atoms with Crippen LogP contribution < -0.4 is 10.9 Å². The van der Waals surface area contributed by atoms with Crippen LogP contribution in [-0.4, -0.2) is 35.0 Å². The topological polar surface area (TPSA) is 54.3 Å². The molecule has 134 valence electrons. The summed E-state index contributed by atoms with van der Waals surface area (Å²) >= 11 is 1.73. The summed E-state index contributed by atoms with van der Waals surface area (Å²) in [5.41, 5.74) is 0.243. The number of carbonyl (C=O) groups excluding carboxylic acids is 1. The number of nitrogens with one attached hydrogen (secondary N) is 1. The van der Waals surface area contributed by atoms with Gasteiger partial charge >= 0.3 is 0 Å². The maximum absolute atomic E-state index is 12.4. The minimum Gasteiger partial charge on any atom is -0.350 e. The summed E-state index contributed by atoms with van der Waals surface area (Å²) in [5, 5.41) is 5.10. The third-order valence-electron chi connectivity index (χ3n) is 4.95. The molecule has 0 unspecified atom stereocenters. The Morgan fingerprint density at radius 3 is 2.76 bits per heavy atom. The van der Waals surface area contributed by atoms with Gasteiger partial charge in [0.15, 0.2) is 0 Å². The van der Waals surface area contributed by atoms with E-state index in [-0.39, 0.29) is 17.5 Å². The molecule has 1 saturated heterocycles. The Morgan fingerprint density at radius 1 is 1.36 bits per heavy atom. The lowest BCUT2D eigenvalue weighted by Gasteiger charge is -2.36. The van der Waals surface area contributed by atoms with Gasteiger partial charge in [0, 0.05) is 36.3 Å². The van der Waals surface area contributed by atoms with Gasteiger partial charge in [-0.25, -0.2) is 0 Å². The molecule has 1 aliphatic rings. The normalized spacial score (nSPS) is 17.4. The van der Waals surface area contributed by atoms with E-state index in [0.717, 1.165) is 19.0 Å². The molecule has 1 N–H and O–H groups in total. The first-order valence-electron chi connectivity index (χ1n) is 8.77. The zero-order chi connectivity index (χ0) is 17.8. The molecule has 0 bridgehead atoms. The van der Waals surface area contributed by atoms with E-state index in [4.69, 9.17) is 0 Å². The Morgan fingerprint density at radius 2 is 2.12 bits per heavy atom. The Kier molecular flexibility index (Phi) is 5.71. The molecule has 1 amide bonds. The molecule has 0 radical (unpaired) electrons. The zero-order valence-electron chi connectivity index (χ0n) is 14.8. The summed E-state index contributed by atoms with van der Waals surface area (Å²) in [7, 11) is 1.67. The van der Waals surface area contributed by atoms with Crippen molar-refractivity contribution in [3.05, 3.63) is 56.6 Å². The molecule has 0 aliphatic carbocycles. The Hall–Kier alpha value is -1.92. The van der Waals surface area contributed by atoms with Gasteiger partial charge < -0.3 is 9.88 Å². The van der Waals surface area contributed by atoms with Crippen molar-refractivity contribution in [2.24, 2.45) is 13.0 Å². The fourth-order valence-corrected chi connectivity index (χ4v) is 4.07. The van der Waals surface area contributed by atoms with Crippen LogP contribution in [0.25, 0.3) is 0 Å². The maximum Gasteiger partial charge on any atom is 0.251 e. The van der Waals surface area contributed by atoms with Gasteiger partial charge in [-0.1, -0.05) is 13.0 Å². The van der Waals surface area contributed by atoms with Crippen molar-refractivity contribution in [1.29, 1.82) is 0 Å². The minimum absolute atomic E-state index is 0.174. The van der Waals surface area contributed by atoms with E-state index in [0.29, 0.717) is 12.1 Å². The molecule has 3 heterocycles. The highest BCUT2D eigenvalue weighted by atomic mass is 32.1. The molecule has 0 spiro atoms. The first-order chi connectivity index (χ1) is 12.0. The van der Waals surface area contributed by atoms with E-state index in [1.54, 1.807) is 30.6 Å². The molecule has 3 rings (SSSR count). The average Bonchev–Trinajstić information content (AvgIpc) is 3.13. The number of nitrogens with zero attached hydrogens (tertiary/aromatic N) is 2. The van der Waals surface area contributed by atoms with Crippen LogP contribution in [0.2, 0.25) is 0 Å². The summed E-state index contributed by atoms with van der Waals surface area (Å²) in [6.45, 7) is 4.98. The van der Waals surface area contributed by atoms with Crippen molar-refractivity contribution in [3.8, 4) is 0 Å². The van der Waals surface area contributed by atoms with E-state index in [1.807, 2.05) is 0 Å². The highest BCUT2D eigenvalue weighted by molar-refractivity contribution is 7.10. The van der Waals surface area contributed by atoms with Crippen molar-refractivity contribution in [2.45, 2.75) is 25.8 Å². The third-order valence-corrected chi connectivity index (χ3v) is 5.93. The predicted molar refractivity (Wildman–Crippen MR) is 101 cm³/mol. The highest BCUT2D eigenvalue weighted by Crippen LogP contribution is 2.29. The number of aryl methyl sites for hydroxylation is 1. The maximum atomic E-state index is 12.4. The largest absolute Gasteiger partial charge is 0.350 e. The number of pyridine rings is 1. The molecule has 2 aromatic heterocycles. The van der Waals surface area contributed by atoms with Gasteiger partial charge in [0.05, 0.1) is 6.04 Å². The van der Waals surface area contributed by atoms with Crippen LogP contribution in [0.1, 0.15) is 41.0 Å². The smallest absolute Gasteiger partial charge is 0.251 e. The quantitative estimate of drug-likeness (QED) is 0.893. The minimum atomic E-state index is -0.190. The predicted octanol–water partition coefficient (Wildman–Crippen LogP) is 2.65. The van der Waals surface area contributed by atoms with Gasteiger partial charge in [-0.2, -0.15) is 0 Å². The number of carbonyl (C=O) groups is 1. The van der Waals surface area contributed by atoms with E-state index in [1.165, 1.54) is 28.4 Å². The van der Waals surface area contributed by atoms with Crippen LogP contribution in [0, 0.1) is 5.92 Å². The summed E-state index contributed by atoms with van der Waals surface area (Å²) in [4.78, 5) is 27.9. The molecule has 1 aliphatic heterocycles. The number of thiophene rings is 1. The van der Waals surface area contributed by atoms with Gasteiger partial charge in [0.25, 0.3) is 11.5 Å². The number of hydrogen-bond acceptors (Lipinski definition) is 4. The Labute approximate surface area is 152 Å². The number of aromatic nitrogens is 1. The van der Waals surface area contributed by atoms with Gasteiger partial charge in [-0.3, -0.25) is 14.5 Å². The Balaban J connectivity index is 1.69. The third kappa shape index (κ3) is 4.38. The molecular weight excluding hydrogens is 334 g/mol. The fourth-order valence-electron chi connectivity index (χ4n) is 3.21. The molecule has 1 atom stereocenters. The van der Waals surface area contributed by atoms with Crippen LogP contribution in [0.5, 0.6) is 0 Å². The second-order valence-corrected chi connectivity index (χ2v) is 7.80. The van der Waals surface area contributed by atoms with E-state index >= 15 is 0 Å². The molecule has 25 heavy (non-hydrogen) atoms. The second kappa shape index (κ2) is 7.97. The van der Waals surface area contributed by atoms with Crippen LogP contribution in [0.4, 0.5) is 0 Å². The molecule has 5 nitrogen and oxygen atoms in total. The van der Waals surface area contributed by atoms with Crippen LogP contribution >= 0.6 is 11.3 Å². The van der Waals surface area contributed by atoms with Gasteiger partial charge in [-0.05, 0) is 49.4 Å². The van der Waals surface area contributed by atoms with E-state index in [2.05, 4.69) is 34.7 Å². The summed E-state index contributed by atoms with van der Waals surface area (Å²) in [6, 6.07) is 7.46. The SMILES string of the molecule is CC1CCN([C@H](CNC(=O)c2ccn(C)c(=O)c2)c2cccs2)CC1. The van der Waals surface area contributed by atoms with Gasteiger partial charge in [-0.15, -0.1) is 11.3 Å². The van der Waals surface area contributed by atoms with Gasteiger partial charge in [0.2, 0.25) is 0 Å². The van der Waals surface area contributed by atoms with Gasteiger partial charge in [0.1, 0.15) is 0 Å². The molecule has 6 heteroatoms. The number of amides is 1. The lowest BCUT2D eigenvalue weighted by atomic mass is 9.97. The van der Waals surface area contributed by atoms with Crippen LogP contribution in [0.15, 0.2) is 40.6 Å². The fraction of sp³-hybridized carbons (Fsp3) is 0.474. The Bertz CT molecular complexity index is 761. The van der Waals surface area contributed by atoms with Crippen molar-refractivity contribution >= 4 is 17.2 Å². The summed E-state index contributed by atoms with van der Waals surface area (Å²) in [5.74, 6) is 0.583. The lowest BCUT2D eigenvalue weighted by molar-refractivity contribution is 0.0914. The molecule has 0 saturated carbocycles. The van der Waals surface area contributed by atoms with E-state index < -0.39 is 0 Å². The van der Waals surface area contributed by atoms with Crippen molar-refractivity contribution < 1.29 is 4.79 Å². The summed E-state index contributed by atoms with van der Waals surface area (Å²) < 4.78 is 1.46. The number of rotatable bonds is 5. The zero-order valence-corrected chi connectivity index (χ0v) is 15.6. The van der Waals surface area contributed by atoms with Crippen molar-refractivity contribution in [1.82, 2.24) is 14.8 Å². The molecule has 2 aromatic rings. The molecular formula is C19H25N3O2S. The summed E-state index contributed by atoms with van der Waals surface area (Å²) in [6.07, 6.45) is 4.02. The highest BCUT2D eigenvalue weighted by Gasteiger charge is 2.25. The van der Waals surface area contributed by atoms with Crippen molar-refractivity contribution in [3.63, 3.8) is 0 Å². The lowest BCUT2D eigenvalue weighted by Crippen LogP contribution is -2.41. The van der Waals surface area contributed by atoms with Crippen LogP contribution in [-0.2, 0) is 7.05 Å². The van der Waals surface area contributed by atoms with Crippen LogP contribution in [0.3, 0.4) is 0 Å². The van der Waals surface area contributed by atoms with Crippen molar-refractivity contribution in [2.75, 3.05) is 19.6 Å². The number of piperidine rings is 1. The standard InChI is InChI=1S/C19H25N3O2S/c1-14-5-9-22(10-6-14)16(17-4-3-11-25-17)13-20-19(24)15-7-8-21(2)18(23)12-15/h3-4,7-8,11-12,14,16H,5-6,9-10,13H2,1-2H3,(H,20,24)/t16-/m1/s1. The van der Waals surface area contributed by atoms with E-state index in [9.17, 15) is 9.59 Å². The number of likely N-dealkylation sites (tertiary alicyclic amines) is 1. The number of hydrogen-bond donors (Lipinski definition) is 1.